The molecule has 3 rings (SSSR count). The Morgan fingerprint density at radius 3 is 2.62 bits per heavy atom. The maximum atomic E-state index is 5.36. The van der Waals surface area contributed by atoms with Crippen LogP contribution in [0.15, 0.2) is 40.7 Å². The number of aryl methyl sites for hydroxylation is 2. The Hall–Kier alpha value is -2.14. The second-order valence-electron chi connectivity index (χ2n) is 6.53. The minimum absolute atomic E-state index is 0. The minimum atomic E-state index is 0. The number of ether oxygens (including phenoxy) is 1. The normalized spacial score (nSPS) is 11.1. The maximum absolute atomic E-state index is 5.36. The Bertz CT molecular complexity index is 939. The molecule has 7 nitrogen and oxygen atoms in total. The summed E-state index contributed by atoms with van der Waals surface area (Å²) in [6.45, 7) is 5.81. The van der Waals surface area contributed by atoms with Crippen molar-refractivity contribution in [1.82, 2.24) is 25.4 Å². The molecule has 2 aromatic heterocycles. The lowest BCUT2D eigenvalue weighted by Gasteiger charge is -2.12. The predicted octanol–water partition coefficient (Wildman–Crippen LogP) is 3.56. The molecule has 2 heterocycles. The summed E-state index contributed by atoms with van der Waals surface area (Å²) in [6, 6.07) is 10.3. The highest BCUT2D eigenvalue weighted by Gasteiger charge is 2.07. The standard InChI is InChI=1S/C20H26N6OS.HI/c1-14-8-16(10-17(9-14)27-4)11-21-20(22-12-18-6-5-7-28-18)23-13-19-25-24-15(2)26(19)3;/h5-10H,11-13H2,1-4H3,(H2,21,22,23);1H. The van der Waals surface area contributed by atoms with Crippen LogP contribution in [0.1, 0.15) is 27.7 Å². The van der Waals surface area contributed by atoms with Gasteiger partial charge in [-0.05, 0) is 48.6 Å². The molecule has 0 saturated carbocycles. The van der Waals surface area contributed by atoms with Gasteiger partial charge >= 0.3 is 0 Å². The summed E-state index contributed by atoms with van der Waals surface area (Å²) in [7, 11) is 3.64. The number of aromatic nitrogens is 3. The van der Waals surface area contributed by atoms with Gasteiger partial charge < -0.3 is 19.9 Å². The Labute approximate surface area is 192 Å². The molecule has 0 aliphatic rings. The molecule has 9 heteroatoms. The molecule has 0 aliphatic carbocycles. The first kappa shape index (κ1) is 23.1. The van der Waals surface area contributed by atoms with Crippen LogP contribution in [-0.2, 0) is 26.7 Å². The summed E-state index contributed by atoms with van der Waals surface area (Å²) in [5, 5.41) is 17.1. The third-order valence-corrected chi connectivity index (χ3v) is 5.25. The van der Waals surface area contributed by atoms with Crippen LogP contribution in [0.3, 0.4) is 0 Å². The van der Waals surface area contributed by atoms with E-state index < -0.39 is 0 Å². The number of rotatable bonds is 7. The third kappa shape index (κ3) is 6.70. The second-order valence-corrected chi connectivity index (χ2v) is 7.56. The Morgan fingerprint density at radius 1 is 1.17 bits per heavy atom. The van der Waals surface area contributed by atoms with Crippen molar-refractivity contribution in [2.24, 2.45) is 12.0 Å². The number of benzene rings is 1. The van der Waals surface area contributed by atoms with Crippen molar-refractivity contribution in [1.29, 1.82) is 0 Å². The molecule has 0 aliphatic heterocycles. The van der Waals surface area contributed by atoms with E-state index in [-0.39, 0.29) is 24.0 Å². The molecule has 1 aromatic carbocycles. The van der Waals surface area contributed by atoms with Gasteiger partial charge in [0, 0.05) is 11.9 Å². The number of guanidine groups is 1. The molecular formula is C20H27IN6OS. The van der Waals surface area contributed by atoms with E-state index in [0.29, 0.717) is 13.1 Å². The van der Waals surface area contributed by atoms with Crippen LogP contribution in [0.4, 0.5) is 0 Å². The fourth-order valence-electron chi connectivity index (χ4n) is 2.73. The van der Waals surface area contributed by atoms with Crippen LogP contribution in [0.25, 0.3) is 0 Å². The minimum Gasteiger partial charge on any atom is -0.497 e. The molecule has 0 radical (unpaired) electrons. The first-order valence-electron chi connectivity index (χ1n) is 9.09. The summed E-state index contributed by atoms with van der Waals surface area (Å²) in [6.07, 6.45) is 0. The average molecular weight is 526 g/mol. The zero-order valence-electron chi connectivity index (χ0n) is 17.1. The fraction of sp³-hybridized carbons (Fsp3) is 0.350. The summed E-state index contributed by atoms with van der Waals surface area (Å²) < 4.78 is 7.33. The van der Waals surface area contributed by atoms with Gasteiger partial charge in [0.25, 0.3) is 0 Å². The maximum Gasteiger partial charge on any atom is 0.192 e. The van der Waals surface area contributed by atoms with Crippen molar-refractivity contribution in [2.45, 2.75) is 33.5 Å². The molecule has 0 amide bonds. The SMILES string of the molecule is COc1cc(C)cc(CN=C(NCc2cccs2)NCc2nnc(C)n2C)c1.I. The van der Waals surface area contributed by atoms with Crippen LogP contribution in [0, 0.1) is 13.8 Å². The Kier molecular flexibility index (Phi) is 8.90. The van der Waals surface area contributed by atoms with E-state index in [9.17, 15) is 0 Å². The van der Waals surface area contributed by atoms with Crippen molar-refractivity contribution in [3.8, 4) is 5.75 Å². The molecule has 0 unspecified atom stereocenters. The van der Waals surface area contributed by atoms with Crippen molar-refractivity contribution in [2.75, 3.05) is 7.11 Å². The molecule has 2 N–H and O–H groups in total. The van der Waals surface area contributed by atoms with Crippen molar-refractivity contribution in [3.63, 3.8) is 0 Å². The van der Waals surface area contributed by atoms with Gasteiger partial charge in [0.15, 0.2) is 11.8 Å². The highest BCUT2D eigenvalue weighted by Crippen LogP contribution is 2.17. The molecule has 29 heavy (non-hydrogen) atoms. The number of thiophene rings is 1. The van der Waals surface area contributed by atoms with Crippen LogP contribution in [0.5, 0.6) is 5.75 Å². The molecule has 0 spiro atoms. The van der Waals surface area contributed by atoms with Gasteiger partial charge in [0.05, 0.1) is 26.7 Å². The molecule has 0 bridgehead atoms. The number of halogens is 1. The lowest BCUT2D eigenvalue weighted by atomic mass is 10.1. The van der Waals surface area contributed by atoms with E-state index in [1.807, 2.05) is 36.7 Å². The summed E-state index contributed by atoms with van der Waals surface area (Å²) in [4.78, 5) is 6.00. The first-order valence-corrected chi connectivity index (χ1v) is 9.97. The number of aliphatic imine (C=N–C) groups is 1. The number of hydrogen-bond donors (Lipinski definition) is 2. The van der Waals surface area contributed by atoms with E-state index in [0.717, 1.165) is 41.0 Å². The molecule has 0 fully saturated rings. The van der Waals surface area contributed by atoms with Crippen LogP contribution in [-0.4, -0.2) is 27.8 Å². The Balaban J connectivity index is 0.00000300. The smallest absolute Gasteiger partial charge is 0.192 e. The van der Waals surface area contributed by atoms with Crippen molar-refractivity contribution < 1.29 is 4.74 Å². The van der Waals surface area contributed by atoms with Gasteiger partial charge in [-0.1, -0.05) is 12.1 Å². The van der Waals surface area contributed by atoms with Crippen molar-refractivity contribution >= 4 is 41.3 Å². The zero-order chi connectivity index (χ0) is 19.9. The van der Waals surface area contributed by atoms with E-state index in [4.69, 9.17) is 9.73 Å². The number of nitrogens with one attached hydrogen (secondary N) is 2. The predicted molar refractivity (Wildman–Crippen MR) is 128 cm³/mol. The van der Waals surface area contributed by atoms with Gasteiger partial charge in [-0.15, -0.1) is 45.5 Å². The van der Waals surface area contributed by atoms with Gasteiger partial charge in [0.2, 0.25) is 0 Å². The first-order chi connectivity index (χ1) is 13.5. The average Bonchev–Trinajstić information content (AvgIpc) is 3.32. The monoisotopic (exact) mass is 526 g/mol. The van der Waals surface area contributed by atoms with Gasteiger partial charge in [-0.3, -0.25) is 0 Å². The quantitative estimate of drug-likeness (QED) is 0.280. The van der Waals surface area contributed by atoms with E-state index in [1.54, 1.807) is 18.4 Å². The summed E-state index contributed by atoms with van der Waals surface area (Å²) in [5.41, 5.74) is 2.25. The lowest BCUT2D eigenvalue weighted by Crippen LogP contribution is -2.37. The van der Waals surface area contributed by atoms with Gasteiger partial charge in [-0.25, -0.2) is 4.99 Å². The highest BCUT2D eigenvalue weighted by atomic mass is 127. The highest BCUT2D eigenvalue weighted by molar-refractivity contribution is 14.0. The van der Waals surface area contributed by atoms with Crippen LogP contribution < -0.4 is 15.4 Å². The summed E-state index contributed by atoms with van der Waals surface area (Å²) >= 11 is 1.72. The van der Waals surface area contributed by atoms with Crippen LogP contribution in [0.2, 0.25) is 0 Å². The zero-order valence-corrected chi connectivity index (χ0v) is 20.2. The number of methoxy groups -OCH3 is 1. The van der Waals surface area contributed by atoms with E-state index >= 15 is 0 Å². The largest absolute Gasteiger partial charge is 0.497 e. The second kappa shape index (κ2) is 11.1. The molecule has 0 saturated heterocycles. The lowest BCUT2D eigenvalue weighted by molar-refractivity contribution is 0.414. The van der Waals surface area contributed by atoms with Gasteiger partial charge in [0.1, 0.15) is 11.6 Å². The number of hydrogen-bond acceptors (Lipinski definition) is 5. The fourth-order valence-corrected chi connectivity index (χ4v) is 3.37. The topological polar surface area (TPSA) is 76.4 Å². The Morgan fingerprint density at radius 2 is 1.97 bits per heavy atom. The summed E-state index contributed by atoms with van der Waals surface area (Å²) in [5.74, 6) is 3.32. The van der Waals surface area contributed by atoms with Crippen LogP contribution >= 0.6 is 35.3 Å². The van der Waals surface area contributed by atoms with E-state index in [1.165, 1.54) is 4.88 Å². The number of nitrogens with zero attached hydrogens (tertiary/aromatic N) is 4. The van der Waals surface area contributed by atoms with Gasteiger partial charge in [-0.2, -0.15) is 0 Å². The van der Waals surface area contributed by atoms with Crippen molar-refractivity contribution in [3.05, 3.63) is 63.4 Å². The molecular weight excluding hydrogens is 499 g/mol. The van der Waals surface area contributed by atoms with E-state index in [2.05, 4.69) is 45.3 Å². The molecule has 156 valence electrons. The molecule has 3 aromatic rings. The molecule has 0 atom stereocenters. The third-order valence-electron chi connectivity index (χ3n) is 4.37.